The van der Waals surface area contributed by atoms with Crippen LogP contribution in [0.25, 0.3) is 0 Å². The third-order valence-corrected chi connectivity index (χ3v) is 3.72. The second kappa shape index (κ2) is 3.52. The minimum Gasteiger partial charge on any atom is -0.349 e. The van der Waals surface area contributed by atoms with Crippen LogP contribution < -0.4 is 5.32 Å². The molecule has 1 rings (SSSR count). The van der Waals surface area contributed by atoms with E-state index in [1.54, 1.807) is 4.57 Å². The van der Waals surface area contributed by atoms with Gasteiger partial charge in [0.05, 0.1) is 6.54 Å². The zero-order valence-corrected chi connectivity index (χ0v) is 8.01. The summed E-state index contributed by atoms with van der Waals surface area (Å²) in [5, 5.41) is 2.26. The summed E-state index contributed by atoms with van der Waals surface area (Å²) in [5.74, 6) is -0.154. The molecule has 5 heteroatoms. The Morgan fingerprint density at radius 1 is 1.64 bits per heavy atom. The zero-order valence-electron chi connectivity index (χ0n) is 6.59. The van der Waals surface area contributed by atoms with Gasteiger partial charge in [0.15, 0.2) is 0 Å². The van der Waals surface area contributed by atoms with Gasteiger partial charge in [-0.3, -0.25) is 10.1 Å². The van der Waals surface area contributed by atoms with E-state index in [9.17, 15) is 9.59 Å². The van der Waals surface area contributed by atoms with Crippen molar-refractivity contribution in [3.05, 3.63) is 0 Å². The van der Waals surface area contributed by atoms with Crippen LogP contribution in [-0.2, 0) is 4.79 Å². The Morgan fingerprint density at radius 3 is 2.82 bits per heavy atom. The van der Waals surface area contributed by atoms with E-state index in [1.165, 1.54) is 0 Å². The topological polar surface area (TPSA) is 49.4 Å². The Hall–Kier alpha value is -0.843. The van der Waals surface area contributed by atoms with Crippen LogP contribution in [0.1, 0.15) is 13.3 Å². The van der Waals surface area contributed by atoms with Gasteiger partial charge in [-0.25, -0.2) is 4.79 Å². The fourth-order valence-corrected chi connectivity index (χ4v) is 2.35. The second-order valence-electron chi connectivity index (χ2n) is 2.63. The smallest absolute Gasteiger partial charge is 0.316 e. The van der Waals surface area contributed by atoms with Crippen molar-refractivity contribution < 1.29 is 9.59 Å². The summed E-state index contributed by atoms with van der Waals surface area (Å²) < 4.78 is 1.67. The molecule has 0 saturated carbocycles. The third kappa shape index (κ3) is 2.04. The Balaban J connectivity index is 2.34. The summed E-state index contributed by atoms with van der Waals surface area (Å²) >= 11 is 0. The van der Waals surface area contributed by atoms with Gasteiger partial charge in [0.25, 0.3) is 0 Å². The van der Waals surface area contributed by atoms with Crippen LogP contribution in [0.3, 0.4) is 0 Å². The molecule has 1 aliphatic rings. The molecule has 0 aromatic rings. The minimum absolute atomic E-state index is 0.154. The van der Waals surface area contributed by atoms with Crippen LogP contribution >= 0.6 is 0 Å². The van der Waals surface area contributed by atoms with E-state index in [4.69, 9.17) is 0 Å². The summed E-state index contributed by atoms with van der Waals surface area (Å²) in [6.07, 6.45) is 1.10. The van der Waals surface area contributed by atoms with Crippen LogP contribution in [0.15, 0.2) is 0 Å². The lowest BCUT2D eigenvalue weighted by Gasteiger charge is -2.10. The lowest BCUT2D eigenvalue weighted by atomic mass is 10.6. The van der Waals surface area contributed by atoms with Gasteiger partial charge in [-0.15, -0.1) is 0 Å². The first-order valence-corrected chi connectivity index (χ1v) is 5.46. The predicted octanol–water partition coefficient (Wildman–Crippen LogP) is -0.550. The molecule has 0 radical (unpaired) electrons. The van der Waals surface area contributed by atoms with Gasteiger partial charge in [0.1, 0.15) is 9.68 Å². The van der Waals surface area contributed by atoms with E-state index in [2.05, 4.69) is 12.2 Å². The maximum Gasteiger partial charge on any atom is 0.316 e. The Labute approximate surface area is 67.8 Å². The molecule has 1 fully saturated rings. The fourth-order valence-electron chi connectivity index (χ4n) is 1.01. The summed E-state index contributed by atoms with van der Waals surface area (Å²) in [7, 11) is -0.491. The number of hydrogen-bond donors (Lipinski definition) is 1. The fraction of sp³-hybridized carbons (Fsp3) is 0.667. The maximum atomic E-state index is 10.9. The normalized spacial score (nSPS) is 18.5. The van der Waals surface area contributed by atoms with Crippen LogP contribution in [-0.4, -0.2) is 32.7 Å². The van der Waals surface area contributed by atoms with Crippen molar-refractivity contribution in [2.24, 2.45) is 0 Å². The molecular formula is C6H12N2O2Si. The number of amides is 3. The number of hydrogen-bond acceptors (Lipinski definition) is 2. The number of nitrogens with one attached hydrogen (secondary N) is 1. The molecule has 1 heterocycles. The van der Waals surface area contributed by atoms with E-state index in [0.717, 1.165) is 12.5 Å². The van der Waals surface area contributed by atoms with Gasteiger partial charge in [-0.05, 0) is 6.04 Å². The van der Waals surface area contributed by atoms with Crippen molar-refractivity contribution in [2.45, 2.75) is 19.4 Å². The van der Waals surface area contributed by atoms with E-state index < -0.39 is 9.68 Å². The lowest BCUT2D eigenvalue weighted by Crippen LogP contribution is -2.31. The van der Waals surface area contributed by atoms with Gasteiger partial charge in [0.2, 0.25) is 5.91 Å². The van der Waals surface area contributed by atoms with Crippen molar-refractivity contribution >= 4 is 21.6 Å². The highest BCUT2D eigenvalue weighted by Gasteiger charge is 2.25. The average Bonchev–Trinajstić information content (AvgIpc) is 2.26. The predicted molar refractivity (Wildman–Crippen MR) is 43.9 cm³/mol. The number of carbonyl (C=O) groups excluding carboxylic acids is 2. The minimum atomic E-state index is -0.491. The Bertz CT molecular complexity index is 183. The molecule has 0 bridgehead atoms. The van der Waals surface area contributed by atoms with E-state index in [-0.39, 0.29) is 11.9 Å². The van der Waals surface area contributed by atoms with Gasteiger partial charge in [-0.2, -0.15) is 0 Å². The average molecular weight is 172 g/mol. The van der Waals surface area contributed by atoms with Crippen molar-refractivity contribution in [1.29, 1.82) is 0 Å². The molecule has 4 nitrogen and oxygen atoms in total. The van der Waals surface area contributed by atoms with Crippen molar-refractivity contribution in [3.63, 3.8) is 0 Å². The van der Waals surface area contributed by atoms with Crippen LogP contribution in [0.5, 0.6) is 0 Å². The van der Waals surface area contributed by atoms with E-state index in [0.29, 0.717) is 6.54 Å². The Kier molecular flexibility index (Phi) is 2.64. The van der Waals surface area contributed by atoms with Crippen molar-refractivity contribution in [1.82, 2.24) is 9.88 Å². The highest BCUT2D eigenvalue weighted by atomic mass is 28.2. The molecule has 0 aromatic heterocycles. The first kappa shape index (κ1) is 8.26. The summed E-state index contributed by atoms with van der Waals surface area (Å²) in [6, 6.07) is 0.913. The molecular weight excluding hydrogens is 160 g/mol. The molecule has 0 aromatic carbocycles. The SMILES string of the molecule is CCC[SiH2]N1CC(=O)NC1=O. The van der Waals surface area contributed by atoms with Crippen molar-refractivity contribution in [3.8, 4) is 0 Å². The van der Waals surface area contributed by atoms with Gasteiger partial charge in [0, 0.05) is 0 Å². The van der Waals surface area contributed by atoms with Crippen molar-refractivity contribution in [2.75, 3.05) is 6.54 Å². The molecule has 1 aliphatic heterocycles. The second-order valence-corrected chi connectivity index (χ2v) is 4.55. The highest BCUT2D eigenvalue weighted by Crippen LogP contribution is 1.98. The number of nitrogens with zero attached hydrogens (tertiary/aromatic N) is 1. The molecule has 1 saturated heterocycles. The molecule has 0 aliphatic carbocycles. The summed E-state index contributed by atoms with van der Waals surface area (Å²) in [5.41, 5.74) is 0. The molecule has 0 unspecified atom stereocenters. The summed E-state index contributed by atoms with van der Waals surface area (Å²) in [6.45, 7) is 2.38. The van der Waals surface area contributed by atoms with E-state index >= 15 is 0 Å². The molecule has 1 N–H and O–H groups in total. The van der Waals surface area contributed by atoms with E-state index in [1.807, 2.05) is 0 Å². The largest absolute Gasteiger partial charge is 0.349 e. The Morgan fingerprint density at radius 2 is 2.36 bits per heavy atom. The van der Waals surface area contributed by atoms with Crippen LogP contribution in [0.2, 0.25) is 6.04 Å². The summed E-state index contributed by atoms with van der Waals surface area (Å²) in [4.78, 5) is 21.6. The monoisotopic (exact) mass is 172 g/mol. The number of rotatable bonds is 3. The third-order valence-electron chi connectivity index (χ3n) is 1.65. The van der Waals surface area contributed by atoms with Gasteiger partial charge < -0.3 is 4.57 Å². The highest BCUT2D eigenvalue weighted by molar-refractivity contribution is 6.39. The van der Waals surface area contributed by atoms with Gasteiger partial charge >= 0.3 is 6.03 Å². The molecule has 11 heavy (non-hydrogen) atoms. The molecule has 62 valence electrons. The maximum absolute atomic E-state index is 10.9. The standard InChI is InChI=1S/C6H12N2O2Si/c1-2-3-11-8-4-5(9)7-6(8)10/h2-4,11H2,1H3,(H,7,9,10). The molecule has 3 amide bonds. The quantitative estimate of drug-likeness (QED) is 0.459. The first-order valence-electron chi connectivity index (χ1n) is 3.82. The van der Waals surface area contributed by atoms with Crippen LogP contribution in [0, 0.1) is 0 Å². The molecule has 0 atom stereocenters. The first-order chi connectivity index (χ1) is 5.24. The lowest BCUT2D eigenvalue weighted by molar-refractivity contribution is -0.118. The number of urea groups is 1. The van der Waals surface area contributed by atoms with Crippen LogP contribution in [0.4, 0.5) is 4.79 Å². The number of imide groups is 1. The van der Waals surface area contributed by atoms with Gasteiger partial charge in [-0.1, -0.05) is 13.3 Å². The molecule has 0 spiro atoms. The zero-order chi connectivity index (χ0) is 8.27. The number of carbonyl (C=O) groups is 2.